The van der Waals surface area contributed by atoms with Crippen LogP contribution in [0.3, 0.4) is 0 Å². The van der Waals surface area contributed by atoms with Gasteiger partial charge in [0.05, 0.1) is 20.6 Å². The number of nitrogens with zero attached hydrogens (tertiary/aromatic N) is 2. The van der Waals surface area contributed by atoms with Crippen molar-refractivity contribution in [3.8, 4) is 0 Å². The van der Waals surface area contributed by atoms with Gasteiger partial charge in [0, 0.05) is 23.1 Å². The molecule has 0 aliphatic heterocycles. The third-order valence-corrected chi connectivity index (χ3v) is 9.07. The molecule has 3 aromatic rings. The van der Waals surface area contributed by atoms with Crippen molar-refractivity contribution in [1.82, 2.24) is 10.2 Å². The summed E-state index contributed by atoms with van der Waals surface area (Å²) in [5.74, 6) is -1.04. The first kappa shape index (κ1) is 31.0. The van der Waals surface area contributed by atoms with Gasteiger partial charge in [0.1, 0.15) is 12.6 Å². The molecule has 0 saturated heterocycles. The lowest BCUT2D eigenvalue weighted by molar-refractivity contribution is -0.139. The molecule has 3 rings (SSSR count). The van der Waals surface area contributed by atoms with Gasteiger partial charge >= 0.3 is 0 Å². The molecule has 2 amide bonds. The minimum Gasteiger partial charge on any atom is -0.355 e. The first-order chi connectivity index (χ1) is 18.3. The SMILES string of the molecule is CCNC(=O)[C@H](C)N(Cc1ccc(Cl)cc1Cl)C(=O)CN(c1ccc(Cl)c(Cl)c1)S(=O)(=O)c1ccc(C)cc1. The standard InChI is InChI=1S/C27H27Cl4N3O4S/c1-4-32-27(36)18(3)33(15-19-7-8-20(28)13-24(19)30)26(35)16-34(21-9-12-23(29)25(31)14-21)39(37,38)22-10-5-17(2)6-11-22/h5-14,18H,4,15-16H2,1-3H3,(H,32,36)/t18-/m0/s1. The van der Waals surface area contributed by atoms with Crippen LogP contribution in [-0.2, 0) is 26.2 Å². The highest BCUT2D eigenvalue weighted by Crippen LogP contribution is 2.31. The highest BCUT2D eigenvalue weighted by atomic mass is 35.5. The van der Waals surface area contributed by atoms with E-state index in [0.717, 1.165) is 9.87 Å². The molecule has 0 saturated carbocycles. The van der Waals surface area contributed by atoms with E-state index in [1.54, 1.807) is 38.1 Å². The number of anilines is 1. The molecule has 208 valence electrons. The van der Waals surface area contributed by atoms with Crippen LogP contribution in [0.25, 0.3) is 0 Å². The summed E-state index contributed by atoms with van der Waals surface area (Å²) in [5.41, 5.74) is 1.54. The molecule has 1 N–H and O–H groups in total. The van der Waals surface area contributed by atoms with Gasteiger partial charge in [0.15, 0.2) is 0 Å². The maximum atomic E-state index is 13.9. The Kier molecular flexibility index (Phi) is 10.5. The highest BCUT2D eigenvalue weighted by Gasteiger charge is 2.33. The largest absolute Gasteiger partial charge is 0.355 e. The second kappa shape index (κ2) is 13.2. The zero-order valence-corrected chi connectivity index (χ0v) is 25.3. The minimum atomic E-state index is -4.23. The third kappa shape index (κ3) is 7.58. The summed E-state index contributed by atoms with van der Waals surface area (Å²) in [6, 6.07) is 14.4. The average Bonchev–Trinajstić information content (AvgIpc) is 2.88. The van der Waals surface area contributed by atoms with Gasteiger partial charge in [-0.05, 0) is 68.8 Å². The van der Waals surface area contributed by atoms with Gasteiger partial charge < -0.3 is 10.2 Å². The van der Waals surface area contributed by atoms with E-state index in [9.17, 15) is 18.0 Å². The highest BCUT2D eigenvalue weighted by molar-refractivity contribution is 7.92. The number of carbonyl (C=O) groups excluding carboxylic acids is 2. The van der Waals surface area contributed by atoms with Crippen LogP contribution >= 0.6 is 46.4 Å². The van der Waals surface area contributed by atoms with Crippen LogP contribution in [0, 0.1) is 6.92 Å². The van der Waals surface area contributed by atoms with Gasteiger partial charge in [-0.2, -0.15) is 0 Å². The van der Waals surface area contributed by atoms with Crippen molar-refractivity contribution in [2.75, 3.05) is 17.4 Å². The van der Waals surface area contributed by atoms with E-state index in [2.05, 4.69) is 5.32 Å². The fourth-order valence-electron chi connectivity index (χ4n) is 3.74. The summed E-state index contributed by atoms with van der Waals surface area (Å²) in [6.07, 6.45) is 0. The van der Waals surface area contributed by atoms with Gasteiger partial charge in [0.25, 0.3) is 10.0 Å². The Morgan fingerprint density at radius 3 is 2.15 bits per heavy atom. The summed E-state index contributed by atoms with van der Waals surface area (Å²) in [5, 5.41) is 3.75. The van der Waals surface area contributed by atoms with Crippen molar-refractivity contribution in [1.29, 1.82) is 0 Å². The van der Waals surface area contributed by atoms with E-state index < -0.39 is 34.4 Å². The molecular weight excluding hydrogens is 604 g/mol. The molecule has 0 radical (unpaired) electrons. The van der Waals surface area contributed by atoms with Crippen LogP contribution in [0.15, 0.2) is 65.6 Å². The number of aryl methyl sites for hydroxylation is 1. The van der Waals surface area contributed by atoms with Crippen molar-refractivity contribution < 1.29 is 18.0 Å². The summed E-state index contributed by atoms with van der Waals surface area (Å²) in [7, 11) is -4.23. The van der Waals surface area contributed by atoms with Crippen molar-refractivity contribution in [2.24, 2.45) is 0 Å². The zero-order valence-electron chi connectivity index (χ0n) is 21.4. The van der Waals surface area contributed by atoms with Crippen LogP contribution < -0.4 is 9.62 Å². The second-order valence-corrected chi connectivity index (χ2v) is 12.3. The topological polar surface area (TPSA) is 86.8 Å². The summed E-state index contributed by atoms with van der Waals surface area (Å²) < 4.78 is 28.6. The Hall–Kier alpha value is -2.49. The third-order valence-electron chi connectivity index (χ3n) is 5.95. The van der Waals surface area contributed by atoms with Gasteiger partial charge in [-0.3, -0.25) is 13.9 Å². The Labute approximate surface area is 248 Å². The Balaban J connectivity index is 2.07. The van der Waals surface area contributed by atoms with Crippen molar-refractivity contribution in [2.45, 2.75) is 38.3 Å². The number of likely N-dealkylation sites (N-methyl/N-ethyl adjacent to an activating group) is 1. The molecule has 0 aliphatic carbocycles. The lowest BCUT2D eigenvalue weighted by Crippen LogP contribution is -2.51. The number of carbonyl (C=O) groups is 2. The molecule has 39 heavy (non-hydrogen) atoms. The Bertz CT molecular complexity index is 1470. The first-order valence-electron chi connectivity index (χ1n) is 11.9. The minimum absolute atomic E-state index is 0.0176. The van der Waals surface area contributed by atoms with Crippen LogP contribution in [0.1, 0.15) is 25.0 Å². The fourth-order valence-corrected chi connectivity index (χ4v) is 5.91. The van der Waals surface area contributed by atoms with Gasteiger partial charge in [-0.1, -0.05) is 70.2 Å². The molecule has 0 spiro atoms. The van der Waals surface area contributed by atoms with Crippen molar-refractivity contribution >= 4 is 73.9 Å². The van der Waals surface area contributed by atoms with E-state index in [1.165, 1.54) is 41.3 Å². The molecule has 0 unspecified atom stereocenters. The van der Waals surface area contributed by atoms with Crippen molar-refractivity contribution in [3.63, 3.8) is 0 Å². The molecule has 0 aliphatic rings. The summed E-state index contributed by atoms with van der Waals surface area (Å²) in [6.45, 7) is 4.82. The number of benzene rings is 3. The van der Waals surface area contributed by atoms with Crippen molar-refractivity contribution in [3.05, 3.63) is 91.9 Å². The molecule has 1 atom stereocenters. The molecule has 0 bridgehead atoms. The quantitative estimate of drug-likeness (QED) is 0.283. The van der Waals surface area contributed by atoms with Crippen LogP contribution in [0.5, 0.6) is 0 Å². The zero-order chi connectivity index (χ0) is 28.9. The molecule has 3 aromatic carbocycles. The number of nitrogens with one attached hydrogen (secondary N) is 1. The number of rotatable bonds is 10. The Morgan fingerprint density at radius 2 is 1.56 bits per heavy atom. The molecule has 12 heteroatoms. The molecule has 0 aromatic heterocycles. The van der Waals surface area contributed by atoms with E-state index in [0.29, 0.717) is 22.2 Å². The van der Waals surface area contributed by atoms with E-state index in [-0.39, 0.29) is 27.2 Å². The normalized spacial score (nSPS) is 12.1. The molecular formula is C27H27Cl4N3O4S. The summed E-state index contributed by atoms with van der Waals surface area (Å²) in [4.78, 5) is 27.9. The Morgan fingerprint density at radius 1 is 0.897 bits per heavy atom. The number of amides is 2. The lowest BCUT2D eigenvalue weighted by Gasteiger charge is -2.32. The van der Waals surface area contributed by atoms with Gasteiger partial charge in [0.2, 0.25) is 11.8 Å². The second-order valence-electron chi connectivity index (χ2n) is 8.75. The monoisotopic (exact) mass is 629 g/mol. The lowest BCUT2D eigenvalue weighted by atomic mass is 10.1. The van der Waals surface area contributed by atoms with Crippen LogP contribution in [0.4, 0.5) is 5.69 Å². The van der Waals surface area contributed by atoms with E-state index in [4.69, 9.17) is 46.4 Å². The van der Waals surface area contributed by atoms with Crippen LogP contribution in [-0.4, -0.2) is 44.3 Å². The number of sulfonamides is 1. The maximum Gasteiger partial charge on any atom is 0.264 e. The predicted octanol–water partition coefficient (Wildman–Crippen LogP) is 6.36. The van der Waals surface area contributed by atoms with Gasteiger partial charge in [-0.15, -0.1) is 0 Å². The van der Waals surface area contributed by atoms with Gasteiger partial charge in [-0.25, -0.2) is 8.42 Å². The predicted molar refractivity (Wildman–Crippen MR) is 157 cm³/mol. The maximum absolute atomic E-state index is 13.9. The molecule has 0 fully saturated rings. The molecule has 7 nitrogen and oxygen atoms in total. The summed E-state index contributed by atoms with van der Waals surface area (Å²) >= 11 is 24.7. The average molecular weight is 631 g/mol. The number of halogens is 4. The fraction of sp³-hybridized carbons (Fsp3) is 0.259. The van der Waals surface area contributed by atoms with Crippen LogP contribution in [0.2, 0.25) is 20.1 Å². The smallest absolute Gasteiger partial charge is 0.264 e. The van der Waals surface area contributed by atoms with E-state index in [1.807, 2.05) is 6.92 Å². The number of hydrogen-bond acceptors (Lipinski definition) is 4. The van der Waals surface area contributed by atoms with E-state index >= 15 is 0 Å². The first-order valence-corrected chi connectivity index (χ1v) is 14.9. The number of hydrogen-bond donors (Lipinski definition) is 1. The molecule has 0 heterocycles.